The van der Waals surface area contributed by atoms with Crippen molar-refractivity contribution < 1.29 is 4.39 Å². The molecule has 6 heteroatoms. The van der Waals surface area contributed by atoms with Gasteiger partial charge in [0.1, 0.15) is 5.82 Å². The second-order valence-electron chi connectivity index (χ2n) is 5.67. The van der Waals surface area contributed by atoms with Crippen LogP contribution in [-0.2, 0) is 13.1 Å². The minimum atomic E-state index is -0.207. The molecule has 1 atom stereocenters. The maximum Gasteiger partial charge on any atom is 0.123 e. The third-order valence-electron chi connectivity index (χ3n) is 4.10. The molecular formula is C16H22ClFN4. The Labute approximate surface area is 136 Å². The van der Waals surface area contributed by atoms with E-state index in [2.05, 4.69) is 16.2 Å². The summed E-state index contributed by atoms with van der Waals surface area (Å²) in [5.74, 6) is -0.207. The van der Waals surface area contributed by atoms with Crippen molar-refractivity contribution in [3.8, 4) is 0 Å². The van der Waals surface area contributed by atoms with Crippen LogP contribution in [0.1, 0.15) is 24.0 Å². The summed E-state index contributed by atoms with van der Waals surface area (Å²) in [6, 6.07) is 7.06. The predicted octanol–water partition coefficient (Wildman–Crippen LogP) is 2.42. The van der Waals surface area contributed by atoms with Crippen molar-refractivity contribution >= 4 is 12.4 Å². The molecule has 0 aliphatic carbocycles. The zero-order valence-corrected chi connectivity index (χ0v) is 13.3. The lowest BCUT2D eigenvalue weighted by Gasteiger charge is -2.22. The average Bonchev–Trinajstić information content (AvgIpc) is 3.11. The third-order valence-corrected chi connectivity index (χ3v) is 4.10. The van der Waals surface area contributed by atoms with E-state index in [1.807, 2.05) is 10.9 Å². The SMILES string of the molecule is Cl.NCC1CCCN1Cc1cnn(Cc2ccc(F)cc2)c1. The van der Waals surface area contributed by atoms with E-state index in [-0.39, 0.29) is 18.2 Å². The van der Waals surface area contributed by atoms with Crippen LogP contribution in [0.4, 0.5) is 4.39 Å². The summed E-state index contributed by atoms with van der Waals surface area (Å²) in [5.41, 5.74) is 8.06. The number of benzene rings is 1. The fraction of sp³-hybridized carbons (Fsp3) is 0.438. The monoisotopic (exact) mass is 324 g/mol. The van der Waals surface area contributed by atoms with Crippen molar-refractivity contribution in [1.29, 1.82) is 0 Å². The van der Waals surface area contributed by atoms with Crippen LogP contribution in [0.15, 0.2) is 36.7 Å². The second-order valence-corrected chi connectivity index (χ2v) is 5.67. The molecule has 2 N–H and O–H groups in total. The van der Waals surface area contributed by atoms with Crippen LogP contribution in [0.2, 0.25) is 0 Å². The van der Waals surface area contributed by atoms with Gasteiger partial charge in [-0.1, -0.05) is 12.1 Å². The van der Waals surface area contributed by atoms with Crippen LogP contribution in [0, 0.1) is 5.82 Å². The molecule has 1 aromatic heterocycles. The Morgan fingerprint density at radius 2 is 1.95 bits per heavy atom. The molecule has 1 aromatic carbocycles. The molecule has 120 valence electrons. The molecule has 0 amide bonds. The standard InChI is InChI=1S/C16H21FN4.ClH/c17-15-5-3-13(4-6-15)11-21-12-14(9-19-21)10-20-7-1-2-16(20)8-18;/h3-6,9,12,16H,1-2,7-8,10-11,18H2;1H. The van der Waals surface area contributed by atoms with Gasteiger partial charge in [0, 0.05) is 30.9 Å². The summed E-state index contributed by atoms with van der Waals surface area (Å²) in [7, 11) is 0. The van der Waals surface area contributed by atoms with Gasteiger partial charge in [0.2, 0.25) is 0 Å². The number of halogens is 2. The van der Waals surface area contributed by atoms with Crippen molar-refractivity contribution in [2.75, 3.05) is 13.1 Å². The highest BCUT2D eigenvalue weighted by Gasteiger charge is 2.23. The molecule has 0 spiro atoms. The predicted molar refractivity (Wildman–Crippen MR) is 87.5 cm³/mol. The molecule has 0 saturated carbocycles. The van der Waals surface area contributed by atoms with E-state index in [0.29, 0.717) is 12.6 Å². The van der Waals surface area contributed by atoms with Gasteiger partial charge in [0.15, 0.2) is 0 Å². The normalized spacial score (nSPS) is 18.4. The first-order valence-electron chi connectivity index (χ1n) is 7.44. The maximum absolute atomic E-state index is 12.9. The van der Waals surface area contributed by atoms with Crippen LogP contribution >= 0.6 is 12.4 Å². The van der Waals surface area contributed by atoms with Crippen molar-refractivity contribution in [3.05, 3.63) is 53.6 Å². The molecule has 0 radical (unpaired) electrons. The number of likely N-dealkylation sites (tertiary alicyclic amines) is 1. The first-order valence-corrected chi connectivity index (χ1v) is 7.44. The highest BCUT2D eigenvalue weighted by Crippen LogP contribution is 2.19. The van der Waals surface area contributed by atoms with Gasteiger partial charge < -0.3 is 5.73 Å². The smallest absolute Gasteiger partial charge is 0.123 e. The van der Waals surface area contributed by atoms with Gasteiger partial charge in [-0.3, -0.25) is 9.58 Å². The molecule has 4 nitrogen and oxygen atoms in total. The summed E-state index contributed by atoms with van der Waals surface area (Å²) < 4.78 is 14.8. The van der Waals surface area contributed by atoms with E-state index in [0.717, 1.165) is 25.2 Å². The zero-order valence-electron chi connectivity index (χ0n) is 12.5. The molecule has 1 unspecified atom stereocenters. The summed E-state index contributed by atoms with van der Waals surface area (Å²) in [5, 5.41) is 4.39. The van der Waals surface area contributed by atoms with Crippen LogP contribution < -0.4 is 5.73 Å². The van der Waals surface area contributed by atoms with E-state index in [1.54, 1.807) is 12.1 Å². The molecule has 0 bridgehead atoms. The van der Waals surface area contributed by atoms with Crippen molar-refractivity contribution in [1.82, 2.24) is 14.7 Å². The summed E-state index contributed by atoms with van der Waals surface area (Å²) in [4.78, 5) is 2.43. The van der Waals surface area contributed by atoms with Gasteiger partial charge in [-0.05, 0) is 37.1 Å². The molecule has 3 rings (SSSR count). The number of nitrogens with two attached hydrogens (primary N) is 1. The Hall–Kier alpha value is -1.43. The Bertz CT molecular complexity index is 584. The molecule has 1 fully saturated rings. The van der Waals surface area contributed by atoms with Gasteiger partial charge in [0.25, 0.3) is 0 Å². The van der Waals surface area contributed by atoms with Crippen LogP contribution in [0.3, 0.4) is 0 Å². The van der Waals surface area contributed by atoms with Crippen LogP contribution in [0.5, 0.6) is 0 Å². The van der Waals surface area contributed by atoms with E-state index in [1.165, 1.54) is 30.5 Å². The Morgan fingerprint density at radius 1 is 1.18 bits per heavy atom. The molecule has 2 aromatic rings. The number of aromatic nitrogens is 2. The molecule has 1 saturated heterocycles. The van der Waals surface area contributed by atoms with E-state index in [9.17, 15) is 4.39 Å². The molecule has 1 aliphatic rings. The summed E-state index contributed by atoms with van der Waals surface area (Å²) in [6.45, 7) is 3.42. The fourth-order valence-electron chi connectivity index (χ4n) is 2.96. The number of hydrogen-bond acceptors (Lipinski definition) is 3. The van der Waals surface area contributed by atoms with Crippen LogP contribution in [0.25, 0.3) is 0 Å². The Morgan fingerprint density at radius 3 is 2.68 bits per heavy atom. The molecule has 22 heavy (non-hydrogen) atoms. The topological polar surface area (TPSA) is 47.1 Å². The van der Waals surface area contributed by atoms with E-state index < -0.39 is 0 Å². The quantitative estimate of drug-likeness (QED) is 0.918. The minimum absolute atomic E-state index is 0. The van der Waals surface area contributed by atoms with Crippen molar-refractivity contribution in [2.45, 2.75) is 32.0 Å². The van der Waals surface area contributed by atoms with Crippen molar-refractivity contribution in [2.24, 2.45) is 5.73 Å². The largest absolute Gasteiger partial charge is 0.329 e. The van der Waals surface area contributed by atoms with Gasteiger partial charge in [-0.25, -0.2) is 4.39 Å². The maximum atomic E-state index is 12.9. The third kappa shape index (κ3) is 4.06. The number of hydrogen-bond donors (Lipinski definition) is 1. The Kier molecular flexibility index (Phi) is 5.94. The lowest BCUT2D eigenvalue weighted by atomic mass is 10.2. The molecule has 1 aliphatic heterocycles. The summed E-state index contributed by atoms with van der Waals surface area (Å²) in [6.07, 6.45) is 6.40. The van der Waals surface area contributed by atoms with E-state index in [4.69, 9.17) is 5.73 Å². The summed E-state index contributed by atoms with van der Waals surface area (Å²) >= 11 is 0. The van der Waals surface area contributed by atoms with E-state index >= 15 is 0 Å². The zero-order chi connectivity index (χ0) is 14.7. The van der Waals surface area contributed by atoms with Gasteiger partial charge >= 0.3 is 0 Å². The van der Waals surface area contributed by atoms with Gasteiger partial charge in [-0.15, -0.1) is 12.4 Å². The highest BCUT2D eigenvalue weighted by atomic mass is 35.5. The molecular weight excluding hydrogens is 303 g/mol. The average molecular weight is 325 g/mol. The minimum Gasteiger partial charge on any atom is -0.329 e. The second kappa shape index (κ2) is 7.72. The first kappa shape index (κ1) is 16.9. The molecule has 2 heterocycles. The lowest BCUT2D eigenvalue weighted by molar-refractivity contribution is 0.250. The highest BCUT2D eigenvalue weighted by molar-refractivity contribution is 5.85. The Balaban J connectivity index is 0.00000176. The number of rotatable bonds is 5. The van der Waals surface area contributed by atoms with Crippen molar-refractivity contribution in [3.63, 3.8) is 0 Å². The fourth-order valence-corrected chi connectivity index (χ4v) is 2.96. The van der Waals surface area contributed by atoms with Gasteiger partial charge in [0.05, 0.1) is 12.7 Å². The number of nitrogens with zero attached hydrogens (tertiary/aromatic N) is 3. The first-order chi connectivity index (χ1) is 10.2. The van der Waals surface area contributed by atoms with Gasteiger partial charge in [-0.2, -0.15) is 5.10 Å². The lowest BCUT2D eigenvalue weighted by Crippen LogP contribution is -2.34. The van der Waals surface area contributed by atoms with Crippen LogP contribution in [-0.4, -0.2) is 33.8 Å².